The van der Waals surface area contributed by atoms with E-state index in [4.69, 9.17) is 23.9 Å². The molecule has 4 aromatic rings. The van der Waals surface area contributed by atoms with Crippen LogP contribution < -0.4 is 24.5 Å². The van der Waals surface area contributed by atoms with Crippen LogP contribution in [0.5, 0.6) is 23.0 Å². The number of halogens is 1. The summed E-state index contributed by atoms with van der Waals surface area (Å²) in [5, 5.41) is 17.2. The third-order valence-corrected chi connectivity index (χ3v) is 7.99. The van der Waals surface area contributed by atoms with E-state index >= 15 is 0 Å². The molecule has 0 unspecified atom stereocenters. The zero-order valence-electron chi connectivity index (χ0n) is 23.5. The predicted octanol–water partition coefficient (Wildman–Crippen LogP) is 6.70. The van der Waals surface area contributed by atoms with Gasteiger partial charge in [0.25, 0.3) is 5.56 Å². The molecule has 1 aliphatic carbocycles. The summed E-state index contributed by atoms with van der Waals surface area (Å²) in [7, 11) is 0. The van der Waals surface area contributed by atoms with Crippen LogP contribution in [0.2, 0.25) is 0 Å². The monoisotopic (exact) mass is 648 g/mol. The molecule has 12 heteroatoms. The van der Waals surface area contributed by atoms with E-state index in [0.29, 0.717) is 33.8 Å². The van der Waals surface area contributed by atoms with Crippen molar-refractivity contribution in [1.29, 1.82) is 0 Å². The number of aromatic nitrogens is 2. The van der Waals surface area contributed by atoms with E-state index in [9.17, 15) is 14.9 Å². The number of nitrogens with zero attached hydrogens (tertiary/aromatic N) is 4. The summed E-state index contributed by atoms with van der Waals surface area (Å²) < 4.78 is 24.6. The van der Waals surface area contributed by atoms with Gasteiger partial charge in [0.15, 0.2) is 17.2 Å². The van der Waals surface area contributed by atoms with E-state index in [1.807, 2.05) is 12.1 Å². The maximum atomic E-state index is 13.7. The summed E-state index contributed by atoms with van der Waals surface area (Å²) in [6, 6.07) is 13.7. The van der Waals surface area contributed by atoms with Crippen molar-refractivity contribution in [1.82, 2.24) is 9.66 Å². The average Bonchev–Trinajstić information content (AvgIpc) is 3.48. The minimum Gasteiger partial charge on any atom is -0.490 e. The highest BCUT2D eigenvalue weighted by Gasteiger charge is 2.25. The number of fused-ring (bicyclic) bond motifs is 2. The zero-order valence-corrected chi connectivity index (χ0v) is 25.0. The van der Waals surface area contributed by atoms with Gasteiger partial charge in [-0.25, -0.2) is 4.98 Å². The molecule has 6 rings (SSSR count). The molecule has 3 aromatic carbocycles. The van der Waals surface area contributed by atoms with E-state index in [1.165, 1.54) is 17.0 Å². The fourth-order valence-corrected chi connectivity index (χ4v) is 5.80. The highest BCUT2D eigenvalue weighted by molar-refractivity contribution is 9.10. The molecule has 0 radical (unpaired) electrons. The van der Waals surface area contributed by atoms with Crippen LogP contribution in [0, 0.1) is 10.1 Å². The lowest BCUT2D eigenvalue weighted by Gasteiger charge is -2.22. The van der Waals surface area contributed by atoms with Gasteiger partial charge in [0, 0.05) is 22.0 Å². The van der Waals surface area contributed by atoms with Crippen molar-refractivity contribution in [3.63, 3.8) is 0 Å². The summed E-state index contributed by atoms with van der Waals surface area (Å²) >= 11 is 3.44. The van der Waals surface area contributed by atoms with E-state index in [-0.39, 0.29) is 48.7 Å². The number of ether oxygens (including phenoxy) is 4. The molecule has 222 valence electrons. The molecule has 43 heavy (non-hydrogen) atoms. The molecule has 0 N–H and O–H groups in total. The van der Waals surface area contributed by atoms with Gasteiger partial charge in [-0.1, -0.05) is 41.3 Å². The van der Waals surface area contributed by atoms with Crippen molar-refractivity contribution in [3.05, 3.63) is 90.4 Å². The molecule has 2 aliphatic rings. The van der Waals surface area contributed by atoms with Crippen LogP contribution in [0.25, 0.3) is 10.9 Å². The Bertz CT molecular complexity index is 1780. The number of nitro groups is 1. The first kappa shape index (κ1) is 28.7. The molecule has 1 aromatic heterocycles. The van der Waals surface area contributed by atoms with Crippen LogP contribution in [0.15, 0.2) is 62.9 Å². The van der Waals surface area contributed by atoms with Gasteiger partial charge in [-0.3, -0.25) is 14.9 Å². The van der Waals surface area contributed by atoms with Gasteiger partial charge in [0.2, 0.25) is 12.5 Å². The van der Waals surface area contributed by atoms with Crippen LogP contribution in [0.3, 0.4) is 0 Å². The second kappa shape index (κ2) is 12.4. The number of benzene rings is 3. The Labute approximate surface area is 255 Å². The van der Waals surface area contributed by atoms with Crippen molar-refractivity contribution in [2.24, 2.45) is 5.10 Å². The van der Waals surface area contributed by atoms with Gasteiger partial charge in [0.05, 0.1) is 28.6 Å². The van der Waals surface area contributed by atoms with E-state index < -0.39 is 4.92 Å². The fraction of sp³-hybridized carbons (Fsp3) is 0.323. The second-order valence-electron chi connectivity index (χ2n) is 10.4. The Morgan fingerprint density at radius 3 is 2.70 bits per heavy atom. The van der Waals surface area contributed by atoms with Crippen molar-refractivity contribution in [3.8, 4) is 23.0 Å². The van der Waals surface area contributed by atoms with Crippen molar-refractivity contribution in [2.75, 3.05) is 13.4 Å². The Balaban J connectivity index is 1.37. The lowest BCUT2D eigenvalue weighted by molar-refractivity contribution is -0.386. The normalized spacial score (nSPS) is 14.8. The molecule has 0 spiro atoms. The first-order valence-corrected chi connectivity index (χ1v) is 14.9. The highest BCUT2D eigenvalue weighted by atomic mass is 79.9. The molecule has 2 heterocycles. The second-order valence-corrected chi connectivity index (χ2v) is 11.3. The van der Waals surface area contributed by atoms with Gasteiger partial charge >= 0.3 is 5.69 Å². The predicted molar refractivity (Wildman–Crippen MR) is 164 cm³/mol. The minimum absolute atomic E-state index is 0.000972. The van der Waals surface area contributed by atoms with Gasteiger partial charge in [0.1, 0.15) is 12.4 Å². The average molecular weight is 649 g/mol. The summed E-state index contributed by atoms with van der Waals surface area (Å²) in [5.74, 6) is 2.10. The maximum Gasteiger partial charge on any atom is 0.315 e. The van der Waals surface area contributed by atoms with Crippen LogP contribution >= 0.6 is 15.9 Å². The van der Waals surface area contributed by atoms with Crippen LogP contribution in [-0.4, -0.2) is 34.2 Å². The Morgan fingerprint density at radius 2 is 1.91 bits per heavy atom. The molecule has 0 atom stereocenters. The number of nitro benzene ring substituents is 1. The van der Waals surface area contributed by atoms with E-state index in [2.05, 4.69) is 21.0 Å². The highest BCUT2D eigenvalue weighted by Crippen LogP contribution is 2.40. The van der Waals surface area contributed by atoms with Crippen molar-refractivity contribution >= 4 is 38.7 Å². The number of rotatable bonds is 9. The van der Waals surface area contributed by atoms with Gasteiger partial charge in [-0.15, -0.1) is 0 Å². The fourth-order valence-electron chi connectivity index (χ4n) is 5.44. The molecule has 0 amide bonds. The third-order valence-electron chi connectivity index (χ3n) is 7.50. The first-order valence-electron chi connectivity index (χ1n) is 14.1. The van der Waals surface area contributed by atoms with E-state index in [0.717, 1.165) is 42.1 Å². The number of hydrogen-bond donors (Lipinski definition) is 0. The number of hydrogen-bond acceptors (Lipinski definition) is 9. The molecule has 0 bridgehead atoms. The standard InChI is InChI=1S/C31H29BrN4O7/c1-2-40-28-14-20(12-25(36(38)39)29(28)41-17-19-8-11-26-27(13-19)43-18-42-26)16-33-35-30(21-6-4-3-5-7-21)34-24-10-9-22(32)15-23(24)31(35)37/h8-16,21H,2-7,17-18H2,1H3. The molecular weight excluding hydrogens is 620 g/mol. The zero-order chi connectivity index (χ0) is 29.9. The van der Waals surface area contributed by atoms with Gasteiger partial charge in [-0.05, 0) is 61.7 Å². The van der Waals surface area contributed by atoms with Crippen LogP contribution in [0.4, 0.5) is 5.69 Å². The largest absolute Gasteiger partial charge is 0.490 e. The maximum absolute atomic E-state index is 13.7. The molecular formula is C31H29BrN4O7. The van der Waals surface area contributed by atoms with E-state index in [1.54, 1.807) is 37.3 Å². The Kier molecular flexibility index (Phi) is 8.28. The summed E-state index contributed by atoms with van der Waals surface area (Å²) in [5.41, 5.74) is 1.15. The molecule has 0 saturated heterocycles. The smallest absolute Gasteiger partial charge is 0.315 e. The van der Waals surface area contributed by atoms with Crippen molar-refractivity contribution in [2.45, 2.75) is 51.6 Å². The Morgan fingerprint density at radius 1 is 1.09 bits per heavy atom. The third kappa shape index (κ3) is 6.05. The van der Waals surface area contributed by atoms with Crippen molar-refractivity contribution < 1.29 is 23.9 Å². The Hall–Kier alpha value is -4.45. The lowest BCUT2D eigenvalue weighted by Crippen LogP contribution is -2.25. The lowest BCUT2D eigenvalue weighted by atomic mass is 9.88. The molecule has 1 aliphatic heterocycles. The topological polar surface area (TPSA) is 127 Å². The van der Waals surface area contributed by atoms with Crippen LogP contribution in [0.1, 0.15) is 61.9 Å². The quantitative estimate of drug-likeness (QED) is 0.111. The van der Waals surface area contributed by atoms with Gasteiger partial charge in [-0.2, -0.15) is 9.78 Å². The summed E-state index contributed by atoms with van der Waals surface area (Å²) in [4.78, 5) is 30.2. The first-order chi connectivity index (χ1) is 20.9. The SMILES string of the molecule is CCOc1cc(C=Nn2c(C3CCCCC3)nc3ccc(Br)cc3c2=O)cc([N+](=O)[O-])c1OCc1ccc2c(c1)OCO2. The summed E-state index contributed by atoms with van der Waals surface area (Å²) in [6.45, 7) is 2.23. The molecule has 1 saturated carbocycles. The van der Waals surface area contributed by atoms with Gasteiger partial charge < -0.3 is 18.9 Å². The summed E-state index contributed by atoms with van der Waals surface area (Å²) in [6.07, 6.45) is 6.52. The minimum atomic E-state index is -0.524. The molecule has 1 fully saturated rings. The van der Waals surface area contributed by atoms with Crippen LogP contribution in [-0.2, 0) is 6.61 Å². The molecule has 11 nitrogen and oxygen atoms in total.